The van der Waals surface area contributed by atoms with Gasteiger partial charge in [0.25, 0.3) is 0 Å². The summed E-state index contributed by atoms with van der Waals surface area (Å²) in [4.78, 5) is 0. The van der Waals surface area contributed by atoms with E-state index < -0.39 is 11.6 Å². The van der Waals surface area contributed by atoms with Crippen LogP contribution in [-0.4, -0.2) is 0 Å². The quantitative estimate of drug-likeness (QED) is 0.790. The van der Waals surface area contributed by atoms with Crippen molar-refractivity contribution in [3.63, 3.8) is 0 Å². The van der Waals surface area contributed by atoms with E-state index in [2.05, 4.69) is 0 Å². The van der Waals surface area contributed by atoms with Crippen LogP contribution in [0.5, 0.6) is 0 Å². The van der Waals surface area contributed by atoms with E-state index in [-0.39, 0.29) is 6.42 Å². The monoisotopic (exact) mass is 263 g/mol. The summed E-state index contributed by atoms with van der Waals surface area (Å²) in [6.07, 6.45) is 0.200. The molecule has 0 saturated heterocycles. The molecule has 0 aromatic heterocycles. The summed E-state index contributed by atoms with van der Waals surface area (Å²) >= 11 is 5.92. The lowest BCUT2D eigenvalue weighted by atomic mass is 10.0. The van der Waals surface area contributed by atoms with Crippen molar-refractivity contribution in [2.75, 3.05) is 0 Å². The van der Waals surface area contributed by atoms with E-state index in [4.69, 9.17) is 16.9 Å². The van der Waals surface area contributed by atoms with Crippen molar-refractivity contribution in [2.24, 2.45) is 0 Å². The van der Waals surface area contributed by atoms with Crippen molar-refractivity contribution in [1.82, 2.24) is 0 Å². The lowest BCUT2D eigenvalue weighted by Crippen LogP contribution is -1.87. The van der Waals surface area contributed by atoms with E-state index in [9.17, 15) is 8.78 Å². The molecule has 0 bridgehead atoms. The maximum absolute atomic E-state index is 13.1. The molecule has 90 valence electrons. The van der Waals surface area contributed by atoms with Crippen LogP contribution < -0.4 is 0 Å². The fraction of sp³-hybridized carbons (Fsp3) is 0.0714. The van der Waals surface area contributed by atoms with Crippen molar-refractivity contribution < 1.29 is 8.78 Å². The van der Waals surface area contributed by atoms with E-state index in [1.807, 2.05) is 6.07 Å². The second-order valence-electron chi connectivity index (χ2n) is 3.84. The van der Waals surface area contributed by atoms with Gasteiger partial charge in [0.1, 0.15) is 11.6 Å². The van der Waals surface area contributed by atoms with Gasteiger partial charge in [-0.15, -0.1) is 0 Å². The number of rotatable bonds is 2. The SMILES string of the molecule is N#CCc1cc(Cl)cc(-c2cc(F)cc(F)c2)c1. The van der Waals surface area contributed by atoms with Crippen molar-refractivity contribution >= 4 is 11.6 Å². The van der Waals surface area contributed by atoms with Crippen LogP contribution in [0.25, 0.3) is 11.1 Å². The Morgan fingerprint density at radius 3 is 2.17 bits per heavy atom. The molecule has 0 aliphatic heterocycles. The summed E-state index contributed by atoms with van der Waals surface area (Å²) in [7, 11) is 0. The van der Waals surface area contributed by atoms with Gasteiger partial charge in [-0.25, -0.2) is 8.78 Å². The Labute approximate surface area is 108 Å². The normalized spacial score (nSPS) is 10.1. The van der Waals surface area contributed by atoms with Crippen LogP contribution in [0.4, 0.5) is 8.78 Å². The highest BCUT2D eigenvalue weighted by Gasteiger charge is 2.06. The van der Waals surface area contributed by atoms with Gasteiger partial charge in [0.15, 0.2) is 0 Å². The molecule has 0 unspecified atom stereocenters. The maximum Gasteiger partial charge on any atom is 0.126 e. The zero-order valence-corrected chi connectivity index (χ0v) is 10.0. The first-order valence-electron chi connectivity index (χ1n) is 5.21. The van der Waals surface area contributed by atoms with Crippen molar-refractivity contribution in [3.05, 3.63) is 58.6 Å². The lowest BCUT2D eigenvalue weighted by molar-refractivity contribution is 0.584. The Kier molecular flexibility index (Phi) is 3.59. The van der Waals surface area contributed by atoms with Crippen molar-refractivity contribution in [2.45, 2.75) is 6.42 Å². The molecule has 0 N–H and O–H groups in total. The van der Waals surface area contributed by atoms with Gasteiger partial charge in [0.2, 0.25) is 0 Å². The molecule has 2 aromatic carbocycles. The third-order valence-electron chi connectivity index (χ3n) is 2.44. The first-order chi connectivity index (χ1) is 8.58. The highest BCUT2D eigenvalue weighted by Crippen LogP contribution is 2.26. The smallest absolute Gasteiger partial charge is 0.126 e. The number of hydrogen-bond donors (Lipinski definition) is 0. The standard InChI is InChI=1S/C14H8ClF2N/c15-12-4-9(1-2-18)3-10(5-12)11-6-13(16)8-14(17)7-11/h3-8H,1H2. The van der Waals surface area contributed by atoms with Crippen LogP contribution >= 0.6 is 11.6 Å². The number of hydrogen-bond acceptors (Lipinski definition) is 1. The van der Waals surface area contributed by atoms with Gasteiger partial charge in [-0.05, 0) is 41.0 Å². The molecule has 1 nitrogen and oxygen atoms in total. The molecule has 2 rings (SSSR count). The largest absolute Gasteiger partial charge is 0.207 e. The Hall–Kier alpha value is -1.92. The molecule has 0 spiro atoms. The molecule has 0 aliphatic rings. The summed E-state index contributed by atoms with van der Waals surface area (Å²) in [6.45, 7) is 0. The van der Waals surface area contributed by atoms with Crippen LogP contribution in [0, 0.1) is 23.0 Å². The minimum Gasteiger partial charge on any atom is -0.207 e. The van der Waals surface area contributed by atoms with E-state index >= 15 is 0 Å². The zero-order valence-electron chi connectivity index (χ0n) is 9.25. The zero-order chi connectivity index (χ0) is 13.1. The fourth-order valence-corrected chi connectivity index (χ4v) is 1.99. The van der Waals surface area contributed by atoms with Crippen LogP contribution in [0.1, 0.15) is 5.56 Å². The van der Waals surface area contributed by atoms with Crippen LogP contribution in [-0.2, 0) is 6.42 Å². The van der Waals surface area contributed by atoms with Gasteiger partial charge >= 0.3 is 0 Å². The Morgan fingerprint density at radius 2 is 1.56 bits per heavy atom. The molecular formula is C14H8ClF2N. The van der Waals surface area contributed by atoms with Gasteiger partial charge in [0, 0.05) is 11.1 Å². The first kappa shape index (κ1) is 12.5. The van der Waals surface area contributed by atoms with Gasteiger partial charge in [-0.1, -0.05) is 17.7 Å². The van der Waals surface area contributed by atoms with Gasteiger partial charge < -0.3 is 0 Å². The molecule has 0 radical (unpaired) electrons. The van der Waals surface area contributed by atoms with Crippen LogP contribution in [0.3, 0.4) is 0 Å². The number of benzene rings is 2. The predicted molar refractivity (Wildman–Crippen MR) is 66.1 cm³/mol. The molecule has 0 aliphatic carbocycles. The second kappa shape index (κ2) is 5.16. The molecule has 0 heterocycles. The summed E-state index contributed by atoms with van der Waals surface area (Å²) in [6, 6.07) is 10.2. The average molecular weight is 264 g/mol. The van der Waals surface area contributed by atoms with E-state index in [1.165, 1.54) is 12.1 Å². The molecule has 0 amide bonds. The third kappa shape index (κ3) is 2.85. The number of nitriles is 1. The van der Waals surface area contributed by atoms with E-state index in [0.717, 1.165) is 6.07 Å². The summed E-state index contributed by atoms with van der Waals surface area (Å²) in [5.41, 5.74) is 1.70. The molecule has 0 fully saturated rings. The third-order valence-corrected chi connectivity index (χ3v) is 2.65. The molecular weight excluding hydrogens is 256 g/mol. The van der Waals surface area contributed by atoms with E-state index in [0.29, 0.717) is 21.7 Å². The fourth-order valence-electron chi connectivity index (χ4n) is 1.73. The second-order valence-corrected chi connectivity index (χ2v) is 4.28. The topological polar surface area (TPSA) is 23.8 Å². The number of halogens is 3. The molecule has 18 heavy (non-hydrogen) atoms. The average Bonchev–Trinajstić information content (AvgIpc) is 2.27. The first-order valence-corrected chi connectivity index (χ1v) is 5.59. The van der Waals surface area contributed by atoms with Gasteiger partial charge in [-0.2, -0.15) is 5.26 Å². The van der Waals surface area contributed by atoms with Crippen LogP contribution in [0.15, 0.2) is 36.4 Å². The highest BCUT2D eigenvalue weighted by molar-refractivity contribution is 6.31. The summed E-state index contributed by atoms with van der Waals surface area (Å²) in [5, 5.41) is 9.08. The van der Waals surface area contributed by atoms with Crippen molar-refractivity contribution in [1.29, 1.82) is 5.26 Å². The minimum absolute atomic E-state index is 0.200. The maximum atomic E-state index is 13.1. The predicted octanol–water partition coefficient (Wildman–Crippen LogP) is 4.35. The molecule has 0 saturated carbocycles. The molecule has 0 atom stereocenters. The summed E-state index contributed by atoms with van der Waals surface area (Å²) in [5.74, 6) is -1.29. The van der Waals surface area contributed by atoms with Crippen LogP contribution in [0.2, 0.25) is 5.02 Å². The molecule has 2 aromatic rings. The Morgan fingerprint density at radius 1 is 0.944 bits per heavy atom. The lowest BCUT2D eigenvalue weighted by Gasteiger charge is -2.05. The molecule has 4 heteroatoms. The number of nitrogens with zero attached hydrogens (tertiary/aromatic N) is 1. The van der Waals surface area contributed by atoms with E-state index in [1.54, 1.807) is 18.2 Å². The van der Waals surface area contributed by atoms with Gasteiger partial charge in [-0.3, -0.25) is 0 Å². The minimum atomic E-state index is -0.646. The Balaban J connectivity index is 2.53. The highest BCUT2D eigenvalue weighted by atomic mass is 35.5. The summed E-state index contributed by atoms with van der Waals surface area (Å²) < 4.78 is 26.3. The Bertz CT molecular complexity index is 612. The van der Waals surface area contributed by atoms with Gasteiger partial charge in [0.05, 0.1) is 12.5 Å². The van der Waals surface area contributed by atoms with Crippen molar-refractivity contribution in [3.8, 4) is 17.2 Å².